The van der Waals surface area contributed by atoms with Crippen molar-refractivity contribution in [1.82, 2.24) is 4.31 Å². The molecule has 0 spiro atoms. The van der Waals surface area contributed by atoms with Crippen LogP contribution < -0.4 is 4.90 Å². The van der Waals surface area contributed by atoms with Gasteiger partial charge < -0.3 is 4.90 Å². The number of halogens is 1. The number of carbonyl (C=O) groups is 1. The summed E-state index contributed by atoms with van der Waals surface area (Å²) in [6.45, 7) is 1.07. The second-order valence-electron chi connectivity index (χ2n) is 7.88. The van der Waals surface area contributed by atoms with E-state index in [9.17, 15) is 26.0 Å². The monoisotopic (exact) mass is 466 g/mol. The third kappa shape index (κ3) is 4.11. The standard InChI is InChI=1S/C21H23FN2O5S2/c1-30(26,27)17-7-9-19-15(13-17)5-4-12-24(19)21(25)16-6-8-18(22)20(14-16)31(28,29)23-10-2-3-11-23/h6-9,13-14H,2-5,10-12H2,1H3. The van der Waals surface area contributed by atoms with Crippen molar-refractivity contribution in [2.75, 3.05) is 30.8 Å². The van der Waals surface area contributed by atoms with E-state index in [0.717, 1.165) is 36.8 Å². The Kier molecular flexibility index (Phi) is 5.65. The highest BCUT2D eigenvalue weighted by Gasteiger charge is 2.32. The molecule has 4 rings (SSSR count). The minimum Gasteiger partial charge on any atom is -0.308 e. The van der Waals surface area contributed by atoms with Crippen LogP contribution in [0.4, 0.5) is 10.1 Å². The number of rotatable bonds is 4. The maximum absolute atomic E-state index is 14.4. The van der Waals surface area contributed by atoms with Crippen LogP contribution in [-0.4, -0.2) is 52.9 Å². The largest absolute Gasteiger partial charge is 0.308 e. The first kappa shape index (κ1) is 21.9. The van der Waals surface area contributed by atoms with Gasteiger partial charge in [0.1, 0.15) is 10.7 Å². The molecular formula is C21H23FN2O5S2. The van der Waals surface area contributed by atoms with E-state index in [1.54, 1.807) is 12.1 Å². The van der Waals surface area contributed by atoms with E-state index >= 15 is 0 Å². The Morgan fingerprint density at radius 3 is 2.32 bits per heavy atom. The van der Waals surface area contributed by atoms with Crippen LogP contribution in [0.25, 0.3) is 0 Å². The SMILES string of the molecule is CS(=O)(=O)c1ccc2c(c1)CCCN2C(=O)c1ccc(F)c(S(=O)(=O)N2CCCC2)c1. The smallest absolute Gasteiger partial charge is 0.258 e. The van der Waals surface area contributed by atoms with Gasteiger partial charge >= 0.3 is 0 Å². The molecule has 0 aromatic heterocycles. The summed E-state index contributed by atoms with van der Waals surface area (Å²) >= 11 is 0. The topological polar surface area (TPSA) is 91.8 Å². The molecule has 0 atom stereocenters. The number of nitrogens with zero attached hydrogens (tertiary/aromatic N) is 2. The molecule has 1 amide bonds. The summed E-state index contributed by atoms with van der Waals surface area (Å²) < 4.78 is 65.1. The fraction of sp³-hybridized carbons (Fsp3) is 0.381. The number of hydrogen-bond donors (Lipinski definition) is 0. The predicted molar refractivity (Wildman–Crippen MR) is 114 cm³/mol. The molecule has 2 heterocycles. The molecule has 0 radical (unpaired) electrons. The van der Waals surface area contributed by atoms with Crippen LogP contribution in [0.2, 0.25) is 0 Å². The molecular weight excluding hydrogens is 443 g/mol. The third-order valence-electron chi connectivity index (χ3n) is 5.70. The first-order valence-corrected chi connectivity index (χ1v) is 13.4. The van der Waals surface area contributed by atoms with Gasteiger partial charge in [0.25, 0.3) is 5.91 Å². The highest BCUT2D eigenvalue weighted by Crippen LogP contribution is 2.31. The molecule has 10 heteroatoms. The molecule has 31 heavy (non-hydrogen) atoms. The fourth-order valence-corrected chi connectivity index (χ4v) is 6.35. The molecule has 2 aromatic carbocycles. The van der Waals surface area contributed by atoms with E-state index in [1.165, 1.54) is 21.3 Å². The van der Waals surface area contributed by atoms with Crippen LogP contribution in [-0.2, 0) is 26.3 Å². The van der Waals surface area contributed by atoms with Crippen LogP contribution in [0.5, 0.6) is 0 Å². The number of carbonyl (C=O) groups excluding carboxylic acids is 1. The Balaban J connectivity index is 1.70. The number of hydrogen-bond acceptors (Lipinski definition) is 5. The molecule has 2 aromatic rings. The lowest BCUT2D eigenvalue weighted by Gasteiger charge is -2.30. The molecule has 2 aliphatic heterocycles. The minimum absolute atomic E-state index is 0.0687. The van der Waals surface area contributed by atoms with Crippen LogP contribution in [0.1, 0.15) is 35.2 Å². The summed E-state index contributed by atoms with van der Waals surface area (Å²) in [7, 11) is -7.40. The highest BCUT2D eigenvalue weighted by atomic mass is 32.2. The average Bonchev–Trinajstić information content (AvgIpc) is 3.28. The van der Waals surface area contributed by atoms with Crippen molar-refractivity contribution in [2.24, 2.45) is 0 Å². The van der Waals surface area contributed by atoms with Gasteiger partial charge in [0.2, 0.25) is 10.0 Å². The minimum atomic E-state index is -4.02. The van der Waals surface area contributed by atoms with Gasteiger partial charge in [-0.2, -0.15) is 4.31 Å². The lowest BCUT2D eigenvalue weighted by molar-refractivity contribution is 0.0985. The summed E-state index contributed by atoms with van der Waals surface area (Å²) in [4.78, 5) is 14.4. The van der Waals surface area contributed by atoms with Crippen molar-refractivity contribution in [3.63, 3.8) is 0 Å². The molecule has 0 unspecified atom stereocenters. The van der Waals surface area contributed by atoms with Crippen molar-refractivity contribution < 1.29 is 26.0 Å². The molecule has 1 fully saturated rings. The summed E-state index contributed by atoms with van der Waals surface area (Å²) in [6.07, 6.45) is 3.83. The Hall–Kier alpha value is -2.30. The van der Waals surface area contributed by atoms with E-state index in [2.05, 4.69) is 0 Å². The summed E-state index contributed by atoms with van der Waals surface area (Å²) in [5.74, 6) is -1.34. The van der Waals surface area contributed by atoms with E-state index in [-0.39, 0.29) is 10.5 Å². The first-order chi connectivity index (χ1) is 14.6. The maximum atomic E-state index is 14.4. The summed E-state index contributed by atoms with van der Waals surface area (Å²) in [5, 5.41) is 0. The molecule has 7 nitrogen and oxygen atoms in total. The number of benzene rings is 2. The number of sulfonamides is 1. The van der Waals surface area contributed by atoms with Gasteiger partial charge in [-0.05, 0) is 67.6 Å². The van der Waals surface area contributed by atoms with E-state index in [1.807, 2.05) is 0 Å². The quantitative estimate of drug-likeness (QED) is 0.691. The zero-order valence-electron chi connectivity index (χ0n) is 17.0. The van der Waals surface area contributed by atoms with Crippen LogP contribution >= 0.6 is 0 Å². The van der Waals surface area contributed by atoms with Crippen LogP contribution in [0, 0.1) is 5.82 Å². The van der Waals surface area contributed by atoms with Gasteiger partial charge in [-0.15, -0.1) is 0 Å². The van der Waals surface area contributed by atoms with Gasteiger partial charge in [-0.1, -0.05) is 0 Å². The van der Waals surface area contributed by atoms with Crippen molar-refractivity contribution in [3.05, 3.63) is 53.3 Å². The van der Waals surface area contributed by atoms with Gasteiger partial charge in [0.15, 0.2) is 9.84 Å². The second-order valence-corrected chi connectivity index (χ2v) is 11.8. The zero-order chi connectivity index (χ0) is 22.4. The number of sulfone groups is 1. The average molecular weight is 467 g/mol. The molecule has 0 N–H and O–H groups in total. The van der Waals surface area contributed by atoms with Crippen molar-refractivity contribution in [1.29, 1.82) is 0 Å². The highest BCUT2D eigenvalue weighted by molar-refractivity contribution is 7.90. The summed E-state index contributed by atoms with van der Waals surface area (Å²) in [5.41, 5.74) is 1.38. The first-order valence-electron chi connectivity index (χ1n) is 10.0. The molecule has 0 saturated carbocycles. The number of fused-ring (bicyclic) bond motifs is 1. The lowest BCUT2D eigenvalue weighted by atomic mass is 10.0. The van der Waals surface area contributed by atoms with E-state index < -0.39 is 36.5 Å². The number of aryl methyl sites for hydroxylation is 1. The van der Waals surface area contributed by atoms with Crippen LogP contribution in [0.15, 0.2) is 46.2 Å². The molecule has 0 bridgehead atoms. The molecule has 0 aliphatic carbocycles. The van der Waals surface area contributed by atoms with E-state index in [4.69, 9.17) is 0 Å². The van der Waals surface area contributed by atoms with Crippen LogP contribution in [0.3, 0.4) is 0 Å². The van der Waals surface area contributed by atoms with Gasteiger partial charge in [-0.3, -0.25) is 4.79 Å². The van der Waals surface area contributed by atoms with Gasteiger partial charge in [-0.25, -0.2) is 21.2 Å². The second kappa shape index (κ2) is 7.99. The number of amides is 1. The maximum Gasteiger partial charge on any atom is 0.258 e. The normalized spacial score (nSPS) is 17.5. The lowest BCUT2D eigenvalue weighted by Crippen LogP contribution is -2.36. The number of anilines is 1. The Morgan fingerprint density at radius 1 is 0.935 bits per heavy atom. The van der Waals surface area contributed by atoms with E-state index in [0.29, 0.717) is 38.2 Å². The molecule has 2 aliphatic rings. The van der Waals surface area contributed by atoms with Crippen molar-refractivity contribution in [3.8, 4) is 0 Å². The Bertz CT molecular complexity index is 1250. The zero-order valence-corrected chi connectivity index (χ0v) is 18.7. The van der Waals surface area contributed by atoms with Crippen molar-refractivity contribution in [2.45, 2.75) is 35.5 Å². The predicted octanol–water partition coefficient (Wildman–Crippen LogP) is 2.61. The molecule has 166 valence electrons. The van der Waals surface area contributed by atoms with Gasteiger partial charge in [0, 0.05) is 37.1 Å². The summed E-state index contributed by atoms with van der Waals surface area (Å²) in [6, 6.07) is 8.00. The Labute approximate surface area is 181 Å². The van der Waals surface area contributed by atoms with Crippen molar-refractivity contribution >= 4 is 31.5 Å². The third-order valence-corrected chi connectivity index (χ3v) is 8.73. The van der Waals surface area contributed by atoms with Gasteiger partial charge in [0.05, 0.1) is 4.90 Å². The molecule has 1 saturated heterocycles. The Morgan fingerprint density at radius 2 is 1.65 bits per heavy atom. The fourth-order valence-electron chi connectivity index (χ4n) is 4.07.